The number of rotatable bonds is 3. The van der Waals surface area contributed by atoms with Crippen LogP contribution in [0.3, 0.4) is 0 Å². The number of nitrogens with zero attached hydrogens (tertiary/aromatic N) is 1. The van der Waals surface area contributed by atoms with Crippen LogP contribution in [-0.4, -0.2) is 36.7 Å². The Bertz CT molecular complexity index is 1010. The third kappa shape index (κ3) is 3.84. The molecule has 3 saturated heterocycles. The van der Waals surface area contributed by atoms with E-state index in [0.29, 0.717) is 11.5 Å². The molecule has 2 atom stereocenters. The zero-order chi connectivity index (χ0) is 21.8. The molecular weight excluding hydrogens is 391 g/mol. The van der Waals surface area contributed by atoms with Crippen LogP contribution in [0, 0.1) is 24.1 Å². The van der Waals surface area contributed by atoms with Gasteiger partial charge in [0.1, 0.15) is 11.9 Å². The molecule has 6 rings (SSSR count). The number of carbonyl (C=O) groups excluding carboxylic acids is 1. The maximum absolute atomic E-state index is 14.1. The molecule has 3 heterocycles. The summed E-state index contributed by atoms with van der Waals surface area (Å²) >= 11 is 0. The topological polar surface area (TPSA) is 41.6 Å². The summed E-state index contributed by atoms with van der Waals surface area (Å²) in [5, 5.41) is 3.17. The monoisotopic (exact) mass is 422 g/mol. The Kier molecular flexibility index (Phi) is 5.04. The molecule has 1 N–H and O–H groups in total. The van der Waals surface area contributed by atoms with Gasteiger partial charge in [0.05, 0.1) is 6.04 Å². The first-order valence-electron chi connectivity index (χ1n) is 11.4. The largest absolute Gasteiger partial charge is 0.445 e. The van der Waals surface area contributed by atoms with E-state index in [1.165, 1.54) is 5.56 Å². The van der Waals surface area contributed by atoms with Crippen LogP contribution in [0.1, 0.15) is 49.4 Å². The second-order valence-electron chi connectivity index (χ2n) is 10.2. The number of benzene rings is 2. The van der Waals surface area contributed by atoms with Crippen molar-refractivity contribution in [3.8, 4) is 11.1 Å². The first kappa shape index (κ1) is 20.5. The molecule has 3 aliphatic heterocycles. The van der Waals surface area contributed by atoms with E-state index in [9.17, 15) is 9.18 Å². The van der Waals surface area contributed by atoms with E-state index >= 15 is 0 Å². The van der Waals surface area contributed by atoms with Gasteiger partial charge in [0.25, 0.3) is 0 Å². The lowest BCUT2D eigenvalue weighted by Gasteiger charge is -2.44. The second-order valence-corrected chi connectivity index (χ2v) is 10.2. The van der Waals surface area contributed by atoms with Gasteiger partial charge in [-0.15, -0.1) is 0 Å². The number of fused-ring (bicyclic) bond motifs is 4. The van der Waals surface area contributed by atoms with Gasteiger partial charge in [-0.3, -0.25) is 4.90 Å². The Morgan fingerprint density at radius 2 is 1.84 bits per heavy atom. The van der Waals surface area contributed by atoms with Crippen molar-refractivity contribution in [1.29, 1.82) is 0 Å². The SMILES string of the molecule is Cc1ccc(-c2ccc3c(c2)CC(C)(C)C3NC(=O)O[C@@H]2CN3CCC2CC3)cc1F. The van der Waals surface area contributed by atoms with E-state index in [1.807, 2.05) is 18.2 Å². The summed E-state index contributed by atoms with van der Waals surface area (Å²) in [6.45, 7) is 9.24. The number of alkyl carbamates (subject to hydrolysis) is 1. The van der Waals surface area contributed by atoms with Crippen molar-refractivity contribution in [3.05, 3.63) is 58.9 Å². The van der Waals surface area contributed by atoms with Gasteiger partial charge >= 0.3 is 6.09 Å². The predicted octanol–water partition coefficient (Wildman–Crippen LogP) is 5.24. The summed E-state index contributed by atoms with van der Waals surface area (Å²) in [7, 11) is 0. The number of piperidine rings is 3. The van der Waals surface area contributed by atoms with Gasteiger partial charge in [0.2, 0.25) is 0 Å². The molecule has 2 aromatic rings. The van der Waals surface area contributed by atoms with Crippen molar-refractivity contribution in [2.75, 3.05) is 19.6 Å². The molecule has 0 aromatic heterocycles. The van der Waals surface area contributed by atoms with Crippen LogP contribution in [-0.2, 0) is 11.2 Å². The van der Waals surface area contributed by atoms with E-state index in [0.717, 1.165) is 55.6 Å². The van der Waals surface area contributed by atoms with E-state index in [4.69, 9.17) is 4.74 Å². The van der Waals surface area contributed by atoms with E-state index in [-0.39, 0.29) is 29.5 Å². The third-order valence-electron chi connectivity index (χ3n) is 7.50. The van der Waals surface area contributed by atoms with E-state index in [2.05, 4.69) is 36.2 Å². The molecule has 4 aliphatic rings. The fourth-order valence-electron chi connectivity index (χ4n) is 5.61. The van der Waals surface area contributed by atoms with Crippen molar-refractivity contribution >= 4 is 6.09 Å². The van der Waals surface area contributed by atoms with Gasteiger partial charge in [-0.25, -0.2) is 9.18 Å². The summed E-state index contributed by atoms with van der Waals surface area (Å²) in [6, 6.07) is 11.5. The summed E-state index contributed by atoms with van der Waals surface area (Å²) in [6.07, 6.45) is 2.80. The van der Waals surface area contributed by atoms with Crippen molar-refractivity contribution in [2.24, 2.45) is 11.3 Å². The third-order valence-corrected chi connectivity index (χ3v) is 7.50. The van der Waals surface area contributed by atoms with Crippen LogP contribution in [0.4, 0.5) is 9.18 Å². The fraction of sp³-hybridized carbons (Fsp3) is 0.500. The number of ether oxygens (including phenoxy) is 1. The molecule has 0 spiro atoms. The Morgan fingerprint density at radius 3 is 2.52 bits per heavy atom. The van der Waals surface area contributed by atoms with Crippen LogP contribution in [0.2, 0.25) is 0 Å². The average molecular weight is 423 g/mol. The zero-order valence-corrected chi connectivity index (χ0v) is 18.6. The number of aryl methyl sites for hydroxylation is 1. The molecule has 164 valence electrons. The first-order chi connectivity index (χ1) is 14.8. The Balaban J connectivity index is 1.33. The lowest BCUT2D eigenvalue weighted by Crippen LogP contribution is -2.53. The van der Waals surface area contributed by atoms with Crippen LogP contribution in [0.15, 0.2) is 36.4 Å². The lowest BCUT2D eigenvalue weighted by molar-refractivity contribution is -0.0348. The minimum absolute atomic E-state index is 0.00490. The Hall–Kier alpha value is -2.40. The highest BCUT2D eigenvalue weighted by Crippen LogP contribution is 2.46. The number of carbonyl (C=O) groups is 1. The highest BCUT2D eigenvalue weighted by molar-refractivity contribution is 5.70. The quantitative estimate of drug-likeness (QED) is 0.735. The standard InChI is InChI=1S/C26H31FN2O2/c1-16-4-5-19(13-22(16)27)18-6-7-21-20(12-18)14-26(2,3)24(21)28-25(30)31-23-15-29-10-8-17(23)9-11-29/h4-7,12-13,17,23-24H,8-11,14-15H2,1-3H3,(H,28,30)/t23-,24?/m1/s1. The molecule has 1 unspecified atom stereocenters. The van der Waals surface area contributed by atoms with E-state index < -0.39 is 0 Å². The predicted molar refractivity (Wildman–Crippen MR) is 119 cm³/mol. The molecule has 1 amide bonds. The normalized spacial score (nSPS) is 28.3. The van der Waals surface area contributed by atoms with Crippen molar-refractivity contribution in [1.82, 2.24) is 10.2 Å². The average Bonchev–Trinajstić information content (AvgIpc) is 2.99. The van der Waals surface area contributed by atoms with Gasteiger partial charge in [0.15, 0.2) is 0 Å². The molecule has 2 bridgehead atoms. The first-order valence-corrected chi connectivity index (χ1v) is 11.4. The number of amides is 1. The maximum atomic E-state index is 14.1. The second kappa shape index (κ2) is 7.63. The molecular formula is C26H31FN2O2. The number of halogens is 1. The summed E-state index contributed by atoms with van der Waals surface area (Å²) < 4.78 is 19.9. The van der Waals surface area contributed by atoms with Gasteiger partial charge in [-0.05, 0) is 84.5 Å². The molecule has 31 heavy (non-hydrogen) atoms. The van der Waals surface area contributed by atoms with Gasteiger partial charge < -0.3 is 10.1 Å². The van der Waals surface area contributed by atoms with Crippen molar-refractivity contribution < 1.29 is 13.9 Å². The zero-order valence-electron chi connectivity index (χ0n) is 18.6. The summed E-state index contributed by atoms with van der Waals surface area (Å²) in [5.74, 6) is 0.311. The van der Waals surface area contributed by atoms with Crippen molar-refractivity contribution in [3.63, 3.8) is 0 Å². The highest BCUT2D eigenvalue weighted by Gasteiger charge is 2.42. The minimum atomic E-state index is -0.311. The van der Waals surface area contributed by atoms with Crippen LogP contribution >= 0.6 is 0 Å². The van der Waals surface area contributed by atoms with Crippen LogP contribution < -0.4 is 5.32 Å². The maximum Gasteiger partial charge on any atom is 0.407 e. The molecule has 1 aliphatic carbocycles. The Labute approximate surface area is 183 Å². The van der Waals surface area contributed by atoms with Gasteiger partial charge in [-0.2, -0.15) is 0 Å². The molecule has 0 radical (unpaired) electrons. The number of hydrogen-bond donors (Lipinski definition) is 1. The Morgan fingerprint density at radius 1 is 1.13 bits per heavy atom. The van der Waals surface area contributed by atoms with Crippen LogP contribution in [0.25, 0.3) is 11.1 Å². The highest BCUT2D eigenvalue weighted by atomic mass is 19.1. The molecule has 2 aromatic carbocycles. The summed E-state index contributed by atoms with van der Waals surface area (Å²) in [5.41, 5.74) is 4.75. The number of nitrogens with one attached hydrogen (secondary N) is 1. The molecule has 4 nitrogen and oxygen atoms in total. The lowest BCUT2D eigenvalue weighted by atomic mass is 9.85. The smallest absolute Gasteiger partial charge is 0.407 e. The molecule has 0 saturated carbocycles. The molecule has 5 heteroatoms. The van der Waals surface area contributed by atoms with Crippen LogP contribution in [0.5, 0.6) is 0 Å². The van der Waals surface area contributed by atoms with Gasteiger partial charge in [0, 0.05) is 6.54 Å². The molecule has 3 fully saturated rings. The number of hydrogen-bond acceptors (Lipinski definition) is 3. The fourth-order valence-corrected chi connectivity index (χ4v) is 5.61. The summed E-state index contributed by atoms with van der Waals surface area (Å²) in [4.78, 5) is 15.2. The van der Waals surface area contributed by atoms with Gasteiger partial charge in [-0.1, -0.05) is 44.2 Å². The van der Waals surface area contributed by atoms with E-state index in [1.54, 1.807) is 13.0 Å². The minimum Gasteiger partial charge on any atom is -0.445 e. The van der Waals surface area contributed by atoms with Crippen molar-refractivity contribution in [2.45, 2.75) is 52.2 Å².